The van der Waals surface area contributed by atoms with Crippen molar-refractivity contribution in [2.24, 2.45) is 0 Å². The highest BCUT2D eigenvalue weighted by atomic mass is 32.2. The zero-order valence-electron chi connectivity index (χ0n) is 24.1. The van der Waals surface area contributed by atoms with Crippen molar-refractivity contribution in [1.82, 2.24) is 14.3 Å². The van der Waals surface area contributed by atoms with Gasteiger partial charge >= 0.3 is 5.97 Å². The number of aromatic nitrogens is 2. The predicted molar refractivity (Wildman–Crippen MR) is 157 cm³/mol. The lowest BCUT2D eigenvalue weighted by Gasteiger charge is -2.18. The number of pyridine rings is 1. The zero-order valence-corrected chi connectivity index (χ0v) is 24.9. The van der Waals surface area contributed by atoms with Crippen molar-refractivity contribution in [2.75, 3.05) is 7.11 Å². The van der Waals surface area contributed by atoms with Crippen LogP contribution in [-0.2, 0) is 40.1 Å². The lowest BCUT2D eigenvalue weighted by atomic mass is 9.98. The van der Waals surface area contributed by atoms with Gasteiger partial charge in [-0.15, -0.1) is 0 Å². The Morgan fingerprint density at radius 2 is 1.85 bits per heavy atom. The molecule has 0 amide bonds. The van der Waals surface area contributed by atoms with Crippen LogP contribution in [0, 0.1) is 11.6 Å². The summed E-state index contributed by atoms with van der Waals surface area (Å²) in [5.41, 5.74) is 3.26. The van der Waals surface area contributed by atoms with Crippen LogP contribution in [0.1, 0.15) is 57.5 Å². The first-order valence-corrected chi connectivity index (χ1v) is 14.4. The molecule has 4 aromatic rings. The number of benzene rings is 2. The number of halogens is 2. The van der Waals surface area contributed by atoms with Gasteiger partial charge in [0, 0.05) is 46.5 Å². The Balaban J connectivity index is 1.73. The van der Waals surface area contributed by atoms with Gasteiger partial charge < -0.3 is 14.0 Å². The quantitative estimate of drug-likeness (QED) is 0.218. The fourth-order valence-corrected chi connectivity index (χ4v) is 5.14. The molecule has 0 saturated heterocycles. The van der Waals surface area contributed by atoms with Gasteiger partial charge in [-0.2, -0.15) is 0 Å². The molecular weight excluding hydrogens is 548 g/mol. The van der Waals surface area contributed by atoms with Gasteiger partial charge in [-0.1, -0.05) is 6.07 Å². The number of esters is 1. The first-order chi connectivity index (χ1) is 19.4. The third kappa shape index (κ3) is 7.00. The molecule has 1 atom stereocenters. The summed E-state index contributed by atoms with van der Waals surface area (Å²) in [4.78, 5) is 16.1. The molecular formula is C31H35F2N3O4S. The molecule has 0 saturated carbocycles. The molecule has 0 spiro atoms. The highest BCUT2D eigenvalue weighted by Gasteiger charge is 2.22. The molecule has 2 aromatic carbocycles. The molecule has 2 heterocycles. The van der Waals surface area contributed by atoms with Crippen LogP contribution in [0.15, 0.2) is 54.9 Å². The lowest BCUT2D eigenvalue weighted by Crippen LogP contribution is -2.33. The van der Waals surface area contributed by atoms with E-state index in [4.69, 9.17) is 9.47 Å². The molecule has 4 rings (SSSR count). The zero-order chi connectivity index (χ0) is 29.9. The average Bonchev–Trinajstić information content (AvgIpc) is 3.36. The van der Waals surface area contributed by atoms with Gasteiger partial charge in [0.2, 0.25) is 0 Å². The summed E-state index contributed by atoms with van der Waals surface area (Å²) in [5.74, 6) is -1.24. The van der Waals surface area contributed by atoms with Crippen molar-refractivity contribution in [3.05, 3.63) is 83.3 Å². The van der Waals surface area contributed by atoms with E-state index in [9.17, 15) is 13.4 Å². The summed E-state index contributed by atoms with van der Waals surface area (Å²) >= 11 is 0. The standard InChI is InChI=1S/C31H35F2N3O4S/c1-19(2)36-12-10-23-25(24-9-11-34-26(30(24)33)17-35-41(38)31(3,4)5)13-20(14-27(23)36)18-40-28-16-22(32)8-7-21(28)15-29(37)39-6/h7-14,16,19,35H,15,17-18H2,1-6H3. The fraction of sp³-hybridized carbons (Fsp3) is 0.355. The molecule has 0 bridgehead atoms. The third-order valence-corrected chi connectivity index (χ3v) is 8.14. The van der Waals surface area contributed by atoms with Crippen LogP contribution in [-0.4, -0.2) is 31.6 Å². The number of nitrogens with one attached hydrogen (secondary N) is 1. The van der Waals surface area contributed by atoms with Gasteiger partial charge in [-0.05, 0) is 76.1 Å². The van der Waals surface area contributed by atoms with Gasteiger partial charge in [0.1, 0.15) is 18.2 Å². The van der Waals surface area contributed by atoms with Crippen LogP contribution < -0.4 is 9.46 Å². The molecule has 0 fully saturated rings. The molecule has 1 N–H and O–H groups in total. The number of hydrogen-bond acceptors (Lipinski definition) is 5. The second-order valence-corrected chi connectivity index (χ2v) is 13.1. The number of hydrogen-bond donors (Lipinski definition) is 1. The van der Waals surface area contributed by atoms with Gasteiger partial charge in [0.05, 0.1) is 41.5 Å². The summed E-state index contributed by atoms with van der Waals surface area (Å²) in [7, 11) is -0.0982. The Labute approximate surface area is 241 Å². The highest BCUT2D eigenvalue weighted by molar-refractivity contribution is 7.84. The number of carbonyl (C=O) groups excluding carboxylic acids is 1. The van der Waals surface area contributed by atoms with E-state index in [2.05, 4.69) is 28.1 Å². The van der Waals surface area contributed by atoms with Gasteiger partial charge in [0.25, 0.3) is 0 Å². The van der Waals surface area contributed by atoms with Gasteiger partial charge in [-0.25, -0.2) is 17.7 Å². The second-order valence-electron chi connectivity index (χ2n) is 11.0. The van der Waals surface area contributed by atoms with E-state index < -0.39 is 33.3 Å². The Bertz CT molecular complexity index is 1590. The van der Waals surface area contributed by atoms with Crippen molar-refractivity contribution in [3.63, 3.8) is 0 Å². The van der Waals surface area contributed by atoms with Crippen LogP contribution in [0.5, 0.6) is 5.75 Å². The molecule has 2 aromatic heterocycles. The van der Waals surface area contributed by atoms with Crippen LogP contribution in [0.2, 0.25) is 0 Å². The van der Waals surface area contributed by atoms with Crippen molar-refractivity contribution in [2.45, 2.75) is 65.0 Å². The minimum Gasteiger partial charge on any atom is -0.488 e. The molecule has 1 unspecified atom stereocenters. The first kappa shape index (κ1) is 30.3. The number of methoxy groups -OCH3 is 1. The highest BCUT2D eigenvalue weighted by Crippen LogP contribution is 2.35. The number of fused-ring (bicyclic) bond motifs is 1. The van der Waals surface area contributed by atoms with E-state index >= 15 is 4.39 Å². The summed E-state index contributed by atoms with van der Waals surface area (Å²) in [6.45, 7) is 9.67. The number of nitrogens with zero attached hydrogens (tertiary/aromatic N) is 2. The monoisotopic (exact) mass is 583 g/mol. The third-order valence-electron chi connectivity index (χ3n) is 6.62. The minimum absolute atomic E-state index is 0.00501. The summed E-state index contributed by atoms with van der Waals surface area (Å²) < 4.78 is 57.7. The van der Waals surface area contributed by atoms with Crippen molar-refractivity contribution in [3.8, 4) is 16.9 Å². The lowest BCUT2D eigenvalue weighted by molar-refractivity contribution is -0.139. The molecule has 0 aliphatic carbocycles. The summed E-state index contributed by atoms with van der Waals surface area (Å²) in [6.07, 6.45) is 3.43. The van der Waals surface area contributed by atoms with Crippen molar-refractivity contribution >= 4 is 27.9 Å². The maximum absolute atomic E-state index is 15.9. The number of carbonyl (C=O) groups is 1. The molecule has 10 heteroatoms. The Hall–Kier alpha value is -3.63. The maximum Gasteiger partial charge on any atom is 0.310 e. The van der Waals surface area contributed by atoms with Crippen LogP contribution in [0.25, 0.3) is 22.0 Å². The predicted octanol–water partition coefficient (Wildman–Crippen LogP) is 6.41. The second kappa shape index (κ2) is 12.5. The Kier molecular flexibility index (Phi) is 9.24. The molecule has 0 aliphatic rings. The van der Waals surface area contributed by atoms with Crippen molar-refractivity contribution in [1.29, 1.82) is 0 Å². The van der Waals surface area contributed by atoms with Gasteiger partial charge in [-0.3, -0.25) is 9.78 Å². The maximum atomic E-state index is 15.9. The SMILES string of the molecule is COC(=O)Cc1ccc(F)cc1OCc1cc(-c2ccnc(CNS(=O)C(C)(C)C)c2F)c2ccn(C(C)C)c2c1. The normalized spacial score (nSPS) is 12.6. The van der Waals surface area contributed by atoms with Crippen LogP contribution in [0.4, 0.5) is 8.78 Å². The first-order valence-electron chi connectivity index (χ1n) is 13.3. The number of rotatable bonds is 10. The van der Waals surface area contributed by atoms with E-state index in [0.29, 0.717) is 16.7 Å². The van der Waals surface area contributed by atoms with E-state index in [1.807, 2.05) is 45.2 Å². The molecule has 41 heavy (non-hydrogen) atoms. The minimum atomic E-state index is -1.39. The topological polar surface area (TPSA) is 82.5 Å². The van der Waals surface area contributed by atoms with E-state index in [0.717, 1.165) is 16.5 Å². The van der Waals surface area contributed by atoms with E-state index in [1.165, 1.54) is 31.5 Å². The Morgan fingerprint density at radius 3 is 2.54 bits per heavy atom. The molecule has 218 valence electrons. The fourth-order valence-electron chi connectivity index (χ4n) is 4.44. The number of ether oxygens (including phenoxy) is 2. The largest absolute Gasteiger partial charge is 0.488 e. The average molecular weight is 584 g/mol. The summed E-state index contributed by atoms with van der Waals surface area (Å²) in [5, 5.41) is 0.849. The smallest absolute Gasteiger partial charge is 0.310 e. The van der Waals surface area contributed by atoms with Gasteiger partial charge in [0.15, 0.2) is 5.82 Å². The van der Waals surface area contributed by atoms with E-state index in [-0.39, 0.29) is 37.1 Å². The van der Waals surface area contributed by atoms with Crippen LogP contribution in [0.3, 0.4) is 0 Å². The van der Waals surface area contributed by atoms with Crippen LogP contribution >= 0.6 is 0 Å². The molecule has 0 radical (unpaired) electrons. The Morgan fingerprint density at radius 1 is 1.10 bits per heavy atom. The van der Waals surface area contributed by atoms with E-state index in [1.54, 1.807) is 6.07 Å². The van der Waals surface area contributed by atoms with Crippen molar-refractivity contribution < 1.29 is 27.3 Å². The molecule has 0 aliphatic heterocycles. The molecule has 7 nitrogen and oxygen atoms in total. The summed E-state index contributed by atoms with van der Waals surface area (Å²) in [6, 6.07) is 11.5.